The van der Waals surface area contributed by atoms with Crippen LogP contribution in [0.1, 0.15) is 32.6 Å². The number of nitrogens with two attached hydrogens (primary N) is 1. The van der Waals surface area contributed by atoms with Crippen LogP contribution in [0.3, 0.4) is 0 Å². The lowest BCUT2D eigenvalue weighted by Crippen LogP contribution is -2.38. The van der Waals surface area contributed by atoms with Gasteiger partial charge < -0.3 is 15.4 Å². The van der Waals surface area contributed by atoms with E-state index in [0.717, 1.165) is 25.4 Å². The van der Waals surface area contributed by atoms with E-state index < -0.39 is 0 Å². The second-order valence-electron chi connectivity index (χ2n) is 5.00. The molecule has 1 unspecified atom stereocenters. The Morgan fingerprint density at radius 2 is 2.24 bits per heavy atom. The molecule has 0 bridgehead atoms. The van der Waals surface area contributed by atoms with Gasteiger partial charge in [-0.2, -0.15) is 0 Å². The van der Waals surface area contributed by atoms with Gasteiger partial charge in [0.05, 0.1) is 12.5 Å². The van der Waals surface area contributed by atoms with Gasteiger partial charge in [0.25, 0.3) is 0 Å². The molecule has 0 heterocycles. The highest BCUT2D eigenvalue weighted by atomic mass is 16.5. The summed E-state index contributed by atoms with van der Waals surface area (Å²) in [6.45, 7) is 4.69. The molecule has 1 aliphatic rings. The minimum atomic E-state index is -0.0200. The predicted octanol–water partition coefficient (Wildman–Crippen LogP) is 1.25. The van der Waals surface area contributed by atoms with Crippen molar-refractivity contribution in [2.45, 2.75) is 32.6 Å². The van der Waals surface area contributed by atoms with E-state index in [4.69, 9.17) is 10.5 Å². The first-order chi connectivity index (χ1) is 8.19. The van der Waals surface area contributed by atoms with Crippen molar-refractivity contribution in [1.29, 1.82) is 0 Å². The molecule has 0 aromatic heterocycles. The number of amides is 1. The summed E-state index contributed by atoms with van der Waals surface area (Å²) >= 11 is 0. The van der Waals surface area contributed by atoms with E-state index in [2.05, 4.69) is 6.92 Å². The number of hydrogen-bond donors (Lipinski definition) is 1. The minimum Gasteiger partial charge on any atom is -0.379 e. The maximum atomic E-state index is 12.0. The molecule has 4 heteroatoms. The fourth-order valence-corrected chi connectivity index (χ4v) is 1.85. The maximum Gasteiger partial charge on any atom is 0.226 e. The fourth-order valence-electron chi connectivity index (χ4n) is 1.85. The highest BCUT2D eigenvalue weighted by Gasteiger charge is 2.22. The van der Waals surface area contributed by atoms with Crippen LogP contribution in [0.25, 0.3) is 0 Å². The lowest BCUT2D eigenvalue weighted by molar-refractivity contribution is -0.134. The summed E-state index contributed by atoms with van der Waals surface area (Å²) in [5.74, 6) is 0.922. The third-order valence-electron chi connectivity index (χ3n) is 3.27. The van der Waals surface area contributed by atoms with E-state index in [1.165, 1.54) is 12.8 Å². The van der Waals surface area contributed by atoms with E-state index >= 15 is 0 Å². The molecule has 4 nitrogen and oxygen atoms in total. The molecule has 0 aromatic rings. The monoisotopic (exact) mass is 242 g/mol. The molecule has 0 radical (unpaired) electrons. The van der Waals surface area contributed by atoms with Gasteiger partial charge in [0.1, 0.15) is 0 Å². The molecule has 100 valence electrons. The Hall–Kier alpha value is -0.610. The van der Waals surface area contributed by atoms with Crippen molar-refractivity contribution in [1.82, 2.24) is 4.90 Å². The third kappa shape index (κ3) is 5.50. The molecule has 1 fully saturated rings. The zero-order valence-electron chi connectivity index (χ0n) is 11.2. The zero-order valence-corrected chi connectivity index (χ0v) is 11.2. The van der Waals surface area contributed by atoms with Crippen LogP contribution >= 0.6 is 0 Å². The van der Waals surface area contributed by atoms with Gasteiger partial charge in [-0.05, 0) is 25.2 Å². The summed E-state index contributed by atoms with van der Waals surface area (Å²) in [5, 5.41) is 0. The van der Waals surface area contributed by atoms with Gasteiger partial charge in [0, 0.05) is 26.7 Å². The smallest absolute Gasteiger partial charge is 0.226 e. The van der Waals surface area contributed by atoms with Crippen molar-refractivity contribution in [2.24, 2.45) is 17.6 Å². The summed E-state index contributed by atoms with van der Waals surface area (Å²) in [6.07, 6.45) is 4.49. The van der Waals surface area contributed by atoms with Crippen LogP contribution in [-0.4, -0.2) is 44.2 Å². The number of carbonyl (C=O) groups excluding carboxylic acids is 1. The van der Waals surface area contributed by atoms with E-state index in [-0.39, 0.29) is 11.8 Å². The quantitative estimate of drug-likeness (QED) is 0.619. The molecular weight excluding hydrogens is 216 g/mol. The Labute approximate surface area is 104 Å². The van der Waals surface area contributed by atoms with Gasteiger partial charge in [-0.25, -0.2) is 0 Å². The van der Waals surface area contributed by atoms with Crippen molar-refractivity contribution in [3.63, 3.8) is 0 Å². The SMILES string of the molecule is CCCC(CN)C(=O)N(C)CCOCC1CC1. The molecule has 1 rings (SSSR count). The molecule has 1 atom stereocenters. The average molecular weight is 242 g/mol. The molecule has 1 amide bonds. The van der Waals surface area contributed by atoms with E-state index in [1.54, 1.807) is 4.90 Å². The predicted molar refractivity (Wildman–Crippen MR) is 68.6 cm³/mol. The molecule has 1 aliphatic carbocycles. The molecule has 0 aliphatic heterocycles. The standard InChI is InChI=1S/C13H26N2O2/c1-3-4-12(9-14)13(16)15(2)7-8-17-10-11-5-6-11/h11-12H,3-10,14H2,1-2H3. The highest BCUT2D eigenvalue weighted by Crippen LogP contribution is 2.28. The molecular formula is C13H26N2O2. The van der Waals surface area contributed by atoms with E-state index in [0.29, 0.717) is 19.7 Å². The maximum absolute atomic E-state index is 12.0. The van der Waals surface area contributed by atoms with Crippen LogP contribution in [0.2, 0.25) is 0 Å². The molecule has 0 aromatic carbocycles. The van der Waals surface area contributed by atoms with E-state index in [9.17, 15) is 4.79 Å². The van der Waals surface area contributed by atoms with Crippen molar-refractivity contribution < 1.29 is 9.53 Å². The zero-order chi connectivity index (χ0) is 12.7. The Kier molecular flexibility index (Phi) is 6.52. The normalized spacial score (nSPS) is 16.9. The van der Waals surface area contributed by atoms with Gasteiger partial charge in [-0.15, -0.1) is 0 Å². The van der Waals surface area contributed by atoms with Crippen LogP contribution in [-0.2, 0) is 9.53 Å². The summed E-state index contributed by atoms with van der Waals surface area (Å²) < 4.78 is 5.53. The summed E-state index contributed by atoms with van der Waals surface area (Å²) in [5.41, 5.74) is 5.62. The number of nitrogens with zero attached hydrogens (tertiary/aromatic N) is 1. The van der Waals surface area contributed by atoms with Gasteiger partial charge in [0.15, 0.2) is 0 Å². The van der Waals surface area contributed by atoms with Crippen molar-refractivity contribution in [3.8, 4) is 0 Å². The second kappa shape index (κ2) is 7.67. The van der Waals surface area contributed by atoms with Crippen molar-refractivity contribution >= 4 is 5.91 Å². The first kappa shape index (κ1) is 14.5. The number of carbonyl (C=O) groups is 1. The Morgan fingerprint density at radius 1 is 1.53 bits per heavy atom. The molecule has 2 N–H and O–H groups in total. The van der Waals surface area contributed by atoms with Crippen LogP contribution in [0.4, 0.5) is 0 Å². The molecule has 17 heavy (non-hydrogen) atoms. The van der Waals surface area contributed by atoms with Crippen LogP contribution in [0, 0.1) is 11.8 Å². The number of hydrogen-bond acceptors (Lipinski definition) is 3. The molecule has 0 spiro atoms. The van der Waals surface area contributed by atoms with E-state index in [1.807, 2.05) is 7.05 Å². The average Bonchev–Trinajstić information content (AvgIpc) is 3.14. The van der Waals surface area contributed by atoms with Gasteiger partial charge in [0.2, 0.25) is 5.91 Å². The third-order valence-corrected chi connectivity index (χ3v) is 3.27. The fraction of sp³-hybridized carbons (Fsp3) is 0.923. The molecule has 1 saturated carbocycles. The highest BCUT2D eigenvalue weighted by molar-refractivity contribution is 5.78. The summed E-state index contributed by atoms with van der Waals surface area (Å²) in [4.78, 5) is 13.7. The Bertz CT molecular complexity index is 229. The van der Waals surface area contributed by atoms with Crippen LogP contribution < -0.4 is 5.73 Å². The van der Waals surface area contributed by atoms with Crippen LogP contribution in [0.15, 0.2) is 0 Å². The van der Waals surface area contributed by atoms with Gasteiger partial charge >= 0.3 is 0 Å². The Morgan fingerprint density at radius 3 is 2.76 bits per heavy atom. The largest absolute Gasteiger partial charge is 0.379 e. The lowest BCUT2D eigenvalue weighted by atomic mass is 10.0. The molecule has 0 saturated heterocycles. The Balaban J connectivity index is 2.14. The number of likely N-dealkylation sites (N-methyl/N-ethyl adjacent to an activating group) is 1. The summed E-state index contributed by atoms with van der Waals surface area (Å²) in [7, 11) is 1.83. The number of ether oxygens (including phenoxy) is 1. The van der Waals surface area contributed by atoms with Crippen molar-refractivity contribution in [2.75, 3.05) is 33.4 Å². The topological polar surface area (TPSA) is 55.6 Å². The van der Waals surface area contributed by atoms with Crippen molar-refractivity contribution in [3.05, 3.63) is 0 Å². The van der Waals surface area contributed by atoms with Crippen LogP contribution in [0.5, 0.6) is 0 Å². The number of rotatable bonds is 9. The first-order valence-electron chi connectivity index (χ1n) is 6.71. The van der Waals surface area contributed by atoms with Gasteiger partial charge in [-0.3, -0.25) is 4.79 Å². The summed E-state index contributed by atoms with van der Waals surface area (Å²) in [6, 6.07) is 0. The minimum absolute atomic E-state index is 0.0200. The first-order valence-corrected chi connectivity index (χ1v) is 6.71. The lowest BCUT2D eigenvalue weighted by Gasteiger charge is -2.22. The second-order valence-corrected chi connectivity index (χ2v) is 5.00. The van der Waals surface area contributed by atoms with Gasteiger partial charge in [-0.1, -0.05) is 13.3 Å².